The second-order valence-corrected chi connectivity index (χ2v) is 3.07. The van der Waals surface area contributed by atoms with Crippen LogP contribution < -0.4 is 4.74 Å². The van der Waals surface area contributed by atoms with Crippen molar-refractivity contribution in [2.24, 2.45) is 0 Å². The van der Waals surface area contributed by atoms with Crippen LogP contribution in [-0.4, -0.2) is 40.6 Å². The highest BCUT2D eigenvalue weighted by atomic mass is 19.1. The molecule has 0 amide bonds. The molecule has 6 heteroatoms. The third-order valence-corrected chi connectivity index (χ3v) is 1.83. The molecule has 3 N–H and O–H groups in total. The van der Waals surface area contributed by atoms with Crippen LogP contribution >= 0.6 is 0 Å². The van der Waals surface area contributed by atoms with Crippen molar-refractivity contribution in [1.29, 1.82) is 0 Å². The minimum atomic E-state index is -1.45. The van der Waals surface area contributed by atoms with Crippen molar-refractivity contribution >= 4 is 5.97 Å². The van der Waals surface area contributed by atoms with Crippen molar-refractivity contribution in [2.75, 3.05) is 13.2 Å². The number of hydrogen-bond acceptors (Lipinski definition) is 4. The van der Waals surface area contributed by atoms with Gasteiger partial charge in [-0.3, -0.25) is 0 Å². The van der Waals surface area contributed by atoms with Gasteiger partial charge in [-0.1, -0.05) is 6.07 Å². The van der Waals surface area contributed by atoms with Gasteiger partial charge < -0.3 is 20.1 Å². The van der Waals surface area contributed by atoms with E-state index in [1.807, 2.05) is 0 Å². The van der Waals surface area contributed by atoms with E-state index in [4.69, 9.17) is 20.1 Å². The maximum absolute atomic E-state index is 13.1. The fourth-order valence-electron chi connectivity index (χ4n) is 1.07. The lowest BCUT2D eigenvalue weighted by atomic mass is 10.2. The zero-order valence-corrected chi connectivity index (χ0v) is 8.26. The Balaban J connectivity index is 2.87. The van der Waals surface area contributed by atoms with Gasteiger partial charge in [-0.2, -0.15) is 0 Å². The maximum atomic E-state index is 13.1. The molecule has 1 rings (SSSR count). The van der Waals surface area contributed by atoms with Crippen LogP contribution in [0.25, 0.3) is 0 Å². The molecule has 0 aliphatic carbocycles. The summed E-state index contributed by atoms with van der Waals surface area (Å²) in [5.74, 6) is -2.55. The van der Waals surface area contributed by atoms with Gasteiger partial charge in [0.25, 0.3) is 0 Å². The topological polar surface area (TPSA) is 87.0 Å². The van der Waals surface area contributed by atoms with E-state index >= 15 is 0 Å². The summed E-state index contributed by atoms with van der Waals surface area (Å²) in [6.07, 6.45) is -1.13. The summed E-state index contributed by atoms with van der Waals surface area (Å²) in [5.41, 5.74) is -0.590. The monoisotopic (exact) mass is 230 g/mol. The van der Waals surface area contributed by atoms with Gasteiger partial charge in [-0.25, -0.2) is 9.18 Å². The van der Waals surface area contributed by atoms with Crippen molar-refractivity contribution in [3.8, 4) is 5.75 Å². The summed E-state index contributed by atoms with van der Waals surface area (Å²) in [6, 6.07) is 3.57. The Morgan fingerprint density at radius 2 is 2.19 bits per heavy atom. The number of carbonyl (C=O) groups is 1. The molecule has 0 aliphatic heterocycles. The summed E-state index contributed by atoms with van der Waals surface area (Å²) in [7, 11) is 0. The van der Waals surface area contributed by atoms with Crippen LogP contribution in [0.15, 0.2) is 18.2 Å². The molecule has 0 saturated heterocycles. The predicted octanol–water partition coefficient (Wildman–Crippen LogP) is 0.256. The van der Waals surface area contributed by atoms with Crippen LogP contribution in [0.4, 0.5) is 4.39 Å². The fourth-order valence-corrected chi connectivity index (χ4v) is 1.07. The Hall–Kier alpha value is -1.66. The number of halogens is 1. The summed E-state index contributed by atoms with van der Waals surface area (Å²) in [5, 5.41) is 26.3. The number of carboxylic acid groups (broad SMARTS) is 1. The molecule has 1 aromatic carbocycles. The van der Waals surface area contributed by atoms with Gasteiger partial charge in [0.1, 0.15) is 29.8 Å². The molecule has 88 valence electrons. The second-order valence-electron chi connectivity index (χ2n) is 3.07. The minimum Gasteiger partial charge on any atom is -0.490 e. The van der Waals surface area contributed by atoms with E-state index < -0.39 is 30.1 Å². The summed E-state index contributed by atoms with van der Waals surface area (Å²) < 4.78 is 18.0. The number of ether oxygens (including phenoxy) is 1. The first-order chi connectivity index (χ1) is 7.56. The van der Waals surface area contributed by atoms with Gasteiger partial charge in [0.2, 0.25) is 0 Å². The van der Waals surface area contributed by atoms with Crippen LogP contribution in [-0.2, 0) is 0 Å². The van der Waals surface area contributed by atoms with Crippen LogP contribution in [0, 0.1) is 5.82 Å². The smallest absolute Gasteiger partial charge is 0.342 e. The second kappa shape index (κ2) is 5.43. The Kier molecular flexibility index (Phi) is 4.21. The van der Waals surface area contributed by atoms with Crippen molar-refractivity contribution < 1.29 is 29.2 Å². The third kappa shape index (κ3) is 2.91. The maximum Gasteiger partial charge on any atom is 0.342 e. The Labute approximate surface area is 90.7 Å². The Bertz CT molecular complexity index is 379. The Morgan fingerprint density at radius 3 is 2.75 bits per heavy atom. The first-order valence-electron chi connectivity index (χ1n) is 4.49. The molecule has 0 heterocycles. The number of aromatic carboxylic acids is 1. The minimum absolute atomic E-state index is 0.181. The van der Waals surface area contributed by atoms with Crippen molar-refractivity contribution in [1.82, 2.24) is 0 Å². The summed E-state index contributed by atoms with van der Waals surface area (Å²) in [6.45, 7) is -0.821. The molecule has 1 unspecified atom stereocenters. The SMILES string of the molecule is O=C(O)c1c(F)cccc1OCC(O)CO. The normalized spacial score (nSPS) is 12.2. The van der Waals surface area contributed by atoms with Gasteiger partial charge in [0, 0.05) is 0 Å². The number of carboxylic acids is 1. The standard InChI is InChI=1S/C10H11FO5/c11-7-2-1-3-8(9(7)10(14)15)16-5-6(13)4-12/h1-3,6,12-13H,4-5H2,(H,14,15). The molecule has 0 bridgehead atoms. The van der Waals surface area contributed by atoms with Gasteiger partial charge in [0.15, 0.2) is 0 Å². The first-order valence-corrected chi connectivity index (χ1v) is 4.49. The molecule has 0 spiro atoms. The van der Waals surface area contributed by atoms with Gasteiger partial charge in [-0.15, -0.1) is 0 Å². The van der Waals surface area contributed by atoms with Crippen LogP contribution in [0.5, 0.6) is 5.75 Å². The fraction of sp³-hybridized carbons (Fsp3) is 0.300. The zero-order chi connectivity index (χ0) is 12.1. The molecular weight excluding hydrogens is 219 g/mol. The van der Waals surface area contributed by atoms with Crippen LogP contribution in [0.1, 0.15) is 10.4 Å². The zero-order valence-electron chi connectivity index (χ0n) is 8.26. The van der Waals surface area contributed by atoms with Gasteiger partial charge in [-0.05, 0) is 12.1 Å². The molecular formula is C10H11FO5. The molecule has 0 saturated carbocycles. The first kappa shape index (κ1) is 12.4. The number of aliphatic hydroxyl groups is 2. The lowest BCUT2D eigenvalue weighted by molar-refractivity contribution is 0.0516. The average Bonchev–Trinajstić information content (AvgIpc) is 2.25. The number of hydrogen-bond donors (Lipinski definition) is 3. The van der Waals surface area contributed by atoms with E-state index in [2.05, 4.69) is 0 Å². The molecule has 0 radical (unpaired) electrons. The van der Waals surface area contributed by atoms with Crippen molar-refractivity contribution in [3.63, 3.8) is 0 Å². The van der Waals surface area contributed by atoms with Crippen LogP contribution in [0.2, 0.25) is 0 Å². The van der Waals surface area contributed by atoms with Crippen molar-refractivity contribution in [2.45, 2.75) is 6.10 Å². The van der Waals surface area contributed by atoms with E-state index in [1.54, 1.807) is 0 Å². The average molecular weight is 230 g/mol. The van der Waals surface area contributed by atoms with Crippen LogP contribution in [0.3, 0.4) is 0 Å². The van der Waals surface area contributed by atoms with E-state index in [9.17, 15) is 9.18 Å². The third-order valence-electron chi connectivity index (χ3n) is 1.83. The van der Waals surface area contributed by atoms with E-state index in [0.29, 0.717) is 0 Å². The molecule has 5 nitrogen and oxygen atoms in total. The Morgan fingerprint density at radius 1 is 1.50 bits per heavy atom. The lowest BCUT2D eigenvalue weighted by Crippen LogP contribution is -2.22. The molecule has 0 aromatic heterocycles. The van der Waals surface area contributed by atoms with Gasteiger partial charge >= 0.3 is 5.97 Å². The summed E-state index contributed by atoms with van der Waals surface area (Å²) >= 11 is 0. The molecule has 0 fully saturated rings. The largest absolute Gasteiger partial charge is 0.490 e. The number of benzene rings is 1. The summed E-state index contributed by atoms with van der Waals surface area (Å²) in [4.78, 5) is 10.7. The van der Waals surface area contributed by atoms with E-state index in [1.165, 1.54) is 12.1 Å². The highest BCUT2D eigenvalue weighted by Crippen LogP contribution is 2.21. The number of aliphatic hydroxyl groups excluding tert-OH is 2. The van der Waals surface area contributed by atoms with Crippen molar-refractivity contribution in [3.05, 3.63) is 29.6 Å². The molecule has 1 atom stereocenters. The van der Waals surface area contributed by atoms with Gasteiger partial charge in [0.05, 0.1) is 6.61 Å². The molecule has 0 aliphatic rings. The lowest BCUT2D eigenvalue weighted by Gasteiger charge is -2.11. The molecule has 1 aromatic rings. The molecule has 16 heavy (non-hydrogen) atoms. The predicted molar refractivity (Wildman–Crippen MR) is 51.9 cm³/mol. The van der Waals surface area contributed by atoms with E-state index in [-0.39, 0.29) is 12.4 Å². The highest BCUT2D eigenvalue weighted by Gasteiger charge is 2.17. The van der Waals surface area contributed by atoms with E-state index in [0.717, 1.165) is 6.07 Å². The quantitative estimate of drug-likeness (QED) is 0.675. The highest BCUT2D eigenvalue weighted by molar-refractivity contribution is 5.91. The number of rotatable bonds is 5.